The van der Waals surface area contributed by atoms with Crippen LogP contribution in [-0.4, -0.2) is 13.1 Å². The Labute approximate surface area is 173 Å². The Kier molecular flexibility index (Phi) is 25.9. The minimum absolute atomic E-state index is 1.22. The van der Waals surface area contributed by atoms with Crippen molar-refractivity contribution in [2.75, 3.05) is 13.1 Å². The van der Waals surface area contributed by atoms with E-state index in [4.69, 9.17) is 0 Å². The van der Waals surface area contributed by atoms with Gasteiger partial charge >= 0.3 is 0 Å². The fourth-order valence-corrected chi connectivity index (χ4v) is 3.93. The predicted molar refractivity (Wildman–Crippen MR) is 126 cm³/mol. The number of hydrogen-bond acceptors (Lipinski definition) is 1. The molecule has 0 unspecified atom stereocenters. The van der Waals surface area contributed by atoms with Crippen LogP contribution < -0.4 is 5.32 Å². The Morgan fingerprint density at radius 2 is 0.556 bits per heavy atom. The second kappa shape index (κ2) is 26.0. The molecular formula is C26H55N. The van der Waals surface area contributed by atoms with E-state index in [1.165, 1.54) is 154 Å². The maximum absolute atomic E-state index is 3.55. The van der Waals surface area contributed by atoms with E-state index >= 15 is 0 Å². The van der Waals surface area contributed by atoms with E-state index in [1.54, 1.807) is 0 Å². The van der Waals surface area contributed by atoms with Crippen molar-refractivity contribution >= 4 is 0 Å². The Morgan fingerprint density at radius 3 is 0.889 bits per heavy atom. The van der Waals surface area contributed by atoms with Crippen LogP contribution in [0.25, 0.3) is 0 Å². The highest BCUT2D eigenvalue weighted by Crippen LogP contribution is 2.14. The van der Waals surface area contributed by atoms with Gasteiger partial charge in [-0.2, -0.15) is 0 Å². The van der Waals surface area contributed by atoms with E-state index in [-0.39, 0.29) is 0 Å². The van der Waals surface area contributed by atoms with Crippen molar-refractivity contribution < 1.29 is 0 Å². The van der Waals surface area contributed by atoms with Gasteiger partial charge in [-0.25, -0.2) is 0 Å². The summed E-state index contributed by atoms with van der Waals surface area (Å²) in [5.41, 5.74) is 0. The molecule has 0 bridgehead atoms. The molecule has 1 heteroatoms. The van der Waals surface area contributed by atoms with E-state index in [9.17, 15) is 0 Å². The zero-order valence-corrected chi connectivity index (χ0v) is 19.5. The molecule has 0 aromatic rings. The largest absolute Gasteiger partial charge is 0.317 e. The van der Waals surface area contributed by atoms with Crippen molar-refractivity contribution in [3.63, 3.8) is 0 Å². The van der Waals surface area contributed by atoms with Gasteiger partial charge in [0.1, 0.15) is 0 Å². The summed E-state index contributed by atoms with van der Waals surface area (Å²) in [5.74, 6) is 0. The van der Waals surface area contributed by atoms with Crippen LogP contribution in [0.2, 0.25) is 0 Å². The third kappa shape index (κ3) is 26.0. The Hall–Kier alpha value is -0.0400. The summed E-state index contributed by atoms with van der Waals surface area (Å²) in [7, 11) is 0. The standard InChI is InChI=1S/C26H55N/c1-3-5-7-8-9-10-11-12-13-14-15-16-17-18-19-20-21-22-23-24-26-27-25-6-4-2/h27H,3-26H2,1-2H3. The second-order valence-electron chi connectivity index (χ2n) is 8.82. The number of nitrogens with one attached hydrogen (secondary N) is 1. The van der Waals surface area contributed by atoms with E-state index in [0.717, 1.165) is 0 Å². The molecule has 0 saturated carbocycles. The number of rotatable bonds is 24. The van der Waals surface area contributed by atoms with Crippen molar-refractivity contribution in [3.8, 4) is 0 Å². The molecule has 1 nitrogen and oxygen atoms in total. The van der Waals surface area contributed by atoms with Crippen LogP contribution in [0.1, 0.15) is 155 Å². The summed E-state index contributed by atoms with van der Waals surface area (Å²) in [4.78, 5) is 0. The first-order valence-corrected chi connectivity index (χ1v) is 13.1. The van der Waals surface area contributed by atoms with Crippen LogP contribution in [0.3, 0.4) is 0 Å². The van der Waals surface area contributed by atoms with Gasteiger partial charge in [0.25, 0.3) is 0 Å². The smallest absolute Gasteiger partial charge is 0.00489 e. The Morgan fingerprint density at radius 1 is 0.296 bits per heavy atom. The highest BCUT2D eigenvalue weighted by molar-refractivity contribution is 4.52. The van der Waals surface area contributed by atoms with E-state index < -0.39 is 0 Å². The molecule has 0 aliphatic carbocycles. The lowest BCUT2D eigenvalue weighted by molar-refractivity contribution is 0.518. The molecule has 0 aromatic carbocycles. The predicted octanol–water partition coefficient (Wildman–Crippen LogP) is 9.20. The molecule has 0 fully saturated rings. The van der Waals surface area contributed by atoms with E-state index in [0.29, 0.717) is 0 Å². The molecule has 0 atom stereocenters. The number of hydrogen-bond donors (Lipinski definition) is 1. The third-order valence-electron chi connectivity index (χ3n) is 5.91. The van der Waals surface area contributed by atoms with Crippen LogP contribution in [0.15, 0.2) is 0 Å². The lowest BCUT2D eigenvalue weighted by Crippen LogP contribution is -2.16. The summed E-state index contributed by atoms with van der Waals surface area (Å²) in [6, 6.07) is 0. The zero-order chi connectivity index (χ0) is 19.7. The third-order valence-corrected chi connectivity index (χ3v) is 5.91. The van der Waals surface area contributed by atoms with Crippen LogP contribution in [0, 0.1) is 0 Å². The minimum Gasteiger partial charge on any atom is -0.317 e. The molecule has 0 radical (unpaired) electrons. The average molecular weight is 382 g/mol. The summed E-state index contributed by atoms with van der Waals surface area (Å²) < 4.78 is 0. The van der Waals surface area contributed by atoms with Crippen molar-refractivity contribution in [1.82, 2.24) is 5.32 Å². The van der Waals surface area contributed by atoms with Crippen molar-refractivity contribution in [2.45, 2.75) is 155 Å². The van der Waals surface area contributed by atoms with Gasteiger partial charge in [-0.1, -0.05) is 142 Å². The SMILES string of the molecule is CCCCCCCCCCCCCCCCCCCCCCNCCCC. The fourth-order valence-electron chi connectivity index (χ4n) is 3.93. The van der Waals surface area contributed by atoms with Crippen LogP contribution in [-0.2, 0) is 0 Å². The molecule has 1 N–H and O–H groups in total. The molecule has 0 aliphatic rings. The van der Waals surface area contributed by atoms with Crippen molar-refractivity contribution in [1.29, 1.82) is 0 Å². The molecule has 0 amide bonds. The highest BCUT2D eigenvalue weighted by Gasteiger charge is 1.95. The van der Waals surface area contributed by atoms with Crippen molar-refractivity contribution in [2.24, 2.45) is 0 Å². The summed E-state index contributed by atoms with van der Waals surface area (Å²) in [6.07, 6.45) is 31.9. The van der Waals surface area contributed by atoms with Crippen LogP contribution in [0.5, 0.6) is 0 Å². The molecule has 0 spiro atoms. The highest BCUT2D eigenvalue weighted by atomic mass is 14.8. The molecule has 0 aliphatic heterocycles. The zero-order valence-electron chi connectivity index (χ0n) is 19.5. The Balaban J connectivity index is 2.95. The first-order valence-electron chi connectivity index (χ1n) is 13.1. The monoisotopic (exact) mass is 381 g/mol. The van der Waals surface area contributed by atoms with Gasteiger partial charge in [0.05, 0.1) is 0 Å². The van der Waals surface area contributed by atoms with Gasteiger partial charge in [-0.15, -0.1) is 0 Å². The summed E-state index contributed by atoms with van der Waals surface area (Å²) >= 11 is 0. The van der Waals surface area contributed by atoms with Gasteiger partial charge in [-0.05, 0) is 25.9 Å². The second-order valence-corrected chi connectivity index (χ2v) is 8.82. The molecule has 0 heterocycles. The number of unbranched alkanes of at least 4 members (excludes halogenated alkanes) is 20. The maximum Gasteiger partial charge on any atom is -0.00489 e. The van der Waals surface area contributed by atoms with Gasteiger partial charge in [0.2, 0.25) is 0 Å². The lowest BCUT2D eigenvalue weighted by Gasteiger charge is -2.05. The molecule has 164 valence electrons. The first-order chi connectivity index (χ1) is 13.4. The Bertz CT molecular complexity index is 214. The molecular weight excluding hydrogens is 326 g/mol. The molecule has 0 rings (SSSR count). The van der Waals surface area contributed by atoms with Gasteiger partial charge in [0, 0.05) is 0 Å². The average Bonchev–Trinajstić information content (AvgIpc) is 2.68. The molecule has 27 heavy (non-hydrogen) atoms. The summed E-state index contributed by atoms with van der Waals surface area (Å²) in [5, 5.41) is 3.55. The summed E-state index contributed by atoms with van der Waals surface area (Å²) in [6.45, 7) is 7.02. The minimum atomic E-state index is 1.22. The van der Waals surface area contributed by atoms with Gasteiger partial charge in [-0.3, -0.25) is 0 Å². The van der Waals surface area contributed by atoms with Crippen LogP contribution >= 0.6 is 0 Å². The van der Waals surface area contributed by atoms with E-state index in [2.05, 4.69) is 19.2 Å². The normalized spacial score (nSPS) is 11.3. The fraction of sp³-hybridized carbons (Fsp3) is 1.00. The topological polar surface area (TPSA) is 12.0 Å². The first kappa shape index (κ1) is 27.0. The van der Waals surface area contributed by atoms with Gasteiger partial charge < -0.3 is 5.32 Å². The van der Waals surface area contributed by atoms with Crippen LogP contribution in [0.4, 0.5) is 0 Å². The lowest BCUT2D eigenvalue weighted by atomic mass is 10.0. The van der Waals surface area contributed by atoms with E-state index in [1.807, 2.05) is 0 Å². The van der Waals surface area contributed by atoms with Crippen molar-refractivity contribution in [3.05, 3.63) is 0 Å². The maximum atomic E-state index is 3.55. The molecule has 0 aromatic heterocycles. The molecule has 0 saturated heterocycles. The van der Waals surface area contributed by atoms with Gasteiger partial charge in [0.15, 0.2) is 0 Å². The quantitative estimate of drug-likeness (QED) is 0.164.